The Bertz CT molecular complexity index is 1180. The second-order valence-electron chi connectivity index (χ2n) is 8.63. The van der Waals surface area contributed by atoms with Crippen LogP contribution in [0.3, 0.4) is 0 Å². The maximum Gasteiger partial charge on any atom is 0.435 e. The highest BCUT2D eigenvalue weighted by Crippen LogP contribution is 2.31. The molecule has 1 fully saturated rings. The van der Waals surface area contributed by atoms with Crippen molar-refractivity contribution in [3.63, 3.8) is 0 Å². The second kappa shape index (κ2) is 11.3. The minimum absolute atomic E-state index is 0.218. The molecule has 2 atom stereocenters. The van der Waals surface area contributed by atoms with E-state index < -0.39 is 23.8 Å². The number of carbonyl (C=O) groups excluding carboxylic acids is 1. The van der Waals surface area contributed by atoms with Crippen LogP contribution in [-0.2, 0) is 17.3 Å². The van der Waals surface area contributed by atoms with E-state index in [-0.39, 0.29) is 5.69 Å². The van der Waals surface area contributed by atoms with Gasteiger partial charge in [0.1, 0.15) is 10.8 Å². The molecule has 0 saturated carbocycles. The minimum atomic E-state index is -4.58. The van der Waals surface area contributed by atoms with Crippen molar-refractivity contribution in [2.45, 2.75) is 45.3 Å². The second-order valence-corrected chi connectivity index (χ2v) is 9.75. The van der Waals surface area contributed by atoms with E-state index in [4.69, 9.17) is 9.47 Å². The lowest BCUT2D eigenvalue weighted by Gasteiger charge is -2.15. The predicted molar refractivity (Wildman–Crippen MR) is 129 cm³/mol. The maximum atomic E-state index is 13.1. The zero-order chi connectivity index (χ0) is 25.7. The fraction of sp³-hybridized carbons (Fsp3) is 0.440. The summed E-state index contributed by atoms with van der Waals surface area (Å²) in [4.78, 5) is 18.7. The number of nitrogens with one attached hydrogen (secondary N) is 1. The van der Waals surface area contributed by atoms with Gasteiger partial charge in [0, 0.05) is 35.4 Å². The molecule has 2 aromatic heterocycles. The Morgan fingerprint density at radius 1 is 1.28 bits per heavy atom. The number of nitrogens with zero attached hydrogens (tertiary/aromatic N) is 3. The largest absolute Gasteiger partial charge is 0.494 e. The first kappa shape index (κ1) is 26.0. The van der Waals surface area contributed by atoms with E-state index in [0.29, 0.717) is 23.8 Å². The van der Waals surface area contributed by atoms with Crippen molar-refractivity contribution in [3.8, 4) is 16.3 Å². The van der Waals surface area contributed by atoms with Crippen molar-refractivity contribution < 1.29 is 27.4 Å². The van der Waals surface area contributed by atoms with Crippen molar-refractivity contribution in [3.05, 3.63) is 58.4 Å². The quantitative estimate of drug-likeness (QED) is 0.402. The van der Waals surface area contributed by atoms with E-state index in [1.54, 1.807) is 30.4 Å². The number of rotatable bonds is 9. The standard InChI is InChI=1S/C25H27F3N4O3S/c1-3-20-13-29-24(36-20)18-10-17(11-19(12-18)35-9-7-16-6-8-34-14-16)23(33)30-15(2)21-4-5-22(32-31-21)25(26,27)28/h4-5,10-13,15-16H,3,6-9,14H2,1-2H3,(H,30,33)/t15-,16+/m1/s1. The van der Waals surface area contributed by atoms with Crippen LogP contribution in [0.2, 0.25) is 0 Å². The number of alkyl halides is 3. The maximum absolute atomic E-state index is 13.1. The third-order valence-electron chi connectivity index (χ3n) is 5.90. The molecule has 1 aromatic carbocycles. The Balaban J connectivity index is 1.51. The van der Waals surface area contributed by atoms with Gasteiger partial charge in [0.2, 0.25) is 0 Å². The molecule has 192 valence electrons. The number of halogens is 3. The molecule has 1 N–H and O–H groups in total. The van der Waals surface area contributed by atoms with E-state index in [2.05, 4.69) is 20.5 Å². The lowest BCUT2D eigenvalue weighted by molar-refractivity contribution is -0.141. The third kappa shape index (κ3) is 6.58. The summed E-state index contributed by atoms with van der Waals surface area (Å²) in [5.74, 6) is 0.604. The van der Waals surface area contributed by atoms with Gasteiger partial charge >= 0.3 is 6.18 Å². The Kier molecular flexibility index (Phi) is 8.20. The van der Waals surface area contributed by atoms with Crippen molar-refractivity contribution in [1.82, 2.24) is 20.5 Å². The predicted octanol–water partition coefficient (Wildman–Crippen LogP) is 5.48. The first-order chi connectivity index (χ1) is 17.2. The molecule has 11 heteroatoms. The monoisotopic (exact) mass is 520 g/mol. The van der Waals surface area contributed by atoms with E-state index in [0.717, 1.165) is 54.0 Å². The smallest absolute Gasteiger partial charge is 0.435 e. The van der Waals surface area contributed by atoms with Gasteiger partial charge in [-0.2, -0.15) is 18.3 Å². The first-order valence-corrected chi connectivity index (χ1v) is 12.6. The van der Waals surface area contributed by atoms with Gasteiger partial charge < -0.3 is 14.8 Å². The third-order valence-corrected chi connectivity index (χ3v) is 7.09. The van der Waals surface area contributed by atoms with Gasteiger partial charge in [-0.25, -0.2) is 4.98 Å². The Labute approximate surface area is 211 Å². The average molecular weight is 521 g/mol. The molecule has 1 saturated heterocycles. The molecule has 1 amide bonds. The fourth-order valence-corrected chi connectivity index (χ4v) is 4.61. The van der Waals surface area contributed by atoms with Crippen LogP contribution >= 0.6 is 11.3 Å². The molecule has 4 rings (SSSR count). The van der Waals surface area contributed by atoms with Crippen LogP contribution in [0, 0.1) is 5.92 Å². The van der Waals surface area contributed by atoms with Crippen LogP contribution in [0.4, 0.5) is 13.2 Å². The molecular weight excluding hydrogens is 493 g/mol. The molecule has 0 radical (unpaired) electrons. The van der Waals surface area contributed by atoms with Gasteiger partial charge in [-0.3, -0.25) is 4.79 Å². The summed E-state index contributed by atoms with van der Waals surface area (Å²) in [6.07, 6.45) is -0.0323. The van der Waals surface area contributed by atoms with Crippen LogP contribution in [0.25, 0.3) is 10.6 Å². The number of hydrogen-bond acceptors (Lipinski definition) is 7. The lowest BCUT2D eigenvalue weighted by Crippen LogP contribution is -2.27. The summed E-state index contributed by atoms with van der Waals surface area (Å²) < 4.78 is 49.7. The molecule has 1 aliphatic heterocycles. The zero-order valence-corrected chi connectivity index (χ0v) is 20.8. The molecule has 3 heterocycles. The van der Waals surface area contributed by atoms with Crippen LogP contribution in [-0.4, -0.2) is 40.9 Å². The summed E-state index contributed by atoms with van der Waals surface area (Å²) in [6, 6.07) is 6.65. The van der Waals surface area contributed by atoms with Gasteiger partial charge in [0.05, 0.1) is 18.3 Å². The van der Waals surface area contributed by atoms with Gasteiger partial charge in [-0.1, -0.05) is 6.92 Å². The Morgan fingerprint density at radius 3 is 2.75 bits per heavy atom. The number of thiazole rings is 1. The number of amides is 1. The zero-order valence-electron chi connectivity index (χ0n) is 20.0. The molecule has 0 bridgehead atoms. The van der Waals surface area contributed by atoms with Crippen LogP contribution in [0.1, 0.15) is 59.4 Å². The molecule has 0 unspecified atom stereocenters. The summed E-state index contributed by atoms with van der Waals surface area (Å²) in [5, 5.41) is 10.4. The Morgan fingerprint density at radius 2 is 2.11 bits per heavy atom. The highest BCUT2D eigenvalue weighted by Gasteiger charge is 2.33. The summed E-state index contributed by atoms with van der Waals surface area (Å²) in [5.41, 5.74) is 0.244. The van der Waals surface area contributed by atoms with Crippen molar-refractivity contribution >= 4 is 17.2 Å². The minimum Gasteiger partial charge on any atom is -0.494 e. The van der Waals surface area contributed by atoms with Crippen molar-refractivity contribution in [1.29, 1.82) is 0 Å². The first-order valence-electron chi connectivity index (χ1n) is 11.8. The van der Waals surface area contributed by atoms with Crippen molar-refractivity contribution in [2.24, 2.45) is 5.92 Å². The number of ether oxygens (including phenoxy) is 2. The normalized spacial score (nSPS) is 16.6. The summed E-state index contributed by atoms with van der Waals surface area (Å²) >= 11 is 1.55. The lowest BCUT2D eigenvalue weighted by atomic mass is 10.1. The molecular formula is C25H27F3N4O3S. The Hall–Kier alpha value is -3.05. The van der Waals surface area contributed by atoms with Gasteiger partial charge in [-0.15, -0.1) is 16.4 Å². The fourth-order valence-electron chi connectivity index (χ4n) is 3.77. The number of carbonyl (C=O) groups is 1. The molecule has 1 aliphatic rings. The van der Waals surface area contributed by atoms with Crippen molar-refractivity contribution in [2.75, 3.05) is 19.8 Å². The van der Waals surface area contributed by atoms with Gasteiger partial charge in [0.15, 0.2) is 5.69 Å². The molecule has 0 aliphatic carbocycles. The summed E-state index contributed by atoms with van der Waals surface area (Å²) in [7, 11) is 0. The number of aryl methyl sites for hydroxylation is 1. The highest BCUT2D eigenvalue weighted by molar-refractivity contribution is 7.15. The van der Waals surface area contributed by atoms with E-state index >= 15 is 0 Å². The van der Waals surface area contributed by atoms with Gasteiger partial charge in [0.25, 0.3) is 5.91 Å². The van der Waals surface area contributed by atoms with Crippen LogP contribution < -0.4 is 10.1 Å². The van der Waals surface area contributed by atoms with E-state index in [1.807, 2.05) is 19.2 Å². The SMILES string of the molecule is CCc1cnc(-c2cc(OCC[C@@H]3CCOC3)cc(C(=O)N[C@H](C)c3ccc(C(F)(F)F)nn3)c2)s1. The average Bonchev–Trinajstić information content (AvgIpc) is 3.56. The van der Waals surface area contributed by atoms with Crippen LogP contribution in [0.5, 0.6) is 5.75 Å². The summed E-state index contributed by atoms with van der Waals surface area (Å²) in [6.45, 7) is 5.69. The number of aromatic nitrogens is 3. The molecule has 36 heavy (non-hydrogen) atoms. The number of hydrogen-bond donors (Lipinski definition) is 1. The van der Waals surface area contributed by atoms with E-state index in [9.17, 15) is 18.0 Å². The molecule has 7 nitrogen and oxygen atoms in total. The topological polar surface area (TPSA) is 86.2 Å². The van der Waals surface area contributed by atoms with Crippen LogP contribution in [0.15, 0.2) is 36.5 Å². The van der Waals surface area contributed by atoms with E-state index in [1.165, 1.54) is 6.07 Å². The molecule has 3 aromatic rings. The van der Waals surface area contributed by atoms with Gasteiger partial charge in [-0.05, 0) is 62.4 Å². The number of benzene rings is 1. The molecule has 0 spiro atoms. The highest BCUT2D eigenvalue weighted by atomic mass is 32.1.